The number of ether oxygens (including phenoxy) is 1. The predicted octanol–water partition coefficient (Wildman–Crippen LogP) is 3.56. The van der Waals surface area contributed by atoms with Crippen molar-refractivity contribution < 1.29 is 9.15 Å². The maximum Gasteiger partial charge on any atom is 0.233 e. The number of hydrogen-bond acceptors (Lipinski definition) is 6. The zero-order chi connectivity index (χ0) is 16.1. The van der Waals surface area contributed by atoms with Gasteiger partial charge in [-0.25, -0.2) is 0 Å². The maximum atomic E-state index is 5.64. The number of hydrogen-bond donors (Lipinski definition) is 0. The normalized spacial score (nSPS) is 12.6. The molecule has 2 aromatic rings. The summed E-state index contributed by atoms with van der Waals surface area (Å²) < 4.78 is 11.1. The predicted molar refractivity (Wildman–Crippen MR) is 88.3 cm³/mol. The molecule has 1 atom stereocenters. The molecule has 120 valence electrons. The second kappa shape index (κ2) is 7.65. The van der Waals surface area contributed by atoms with Gasteiger partial charge in [-0.2, -0.15) is 0 Å². The number of aromatic nitrogens is 2. The monoisotopic (exact) mass is 321 g/mol. The first-order valence-electron chi connectivity index (χ1n) is 7.32. The first-order chi connectivity index (χ1) is 10.6. The molecule has 0 amide bonds. The van der Waals surface area contributed by atoms with Crippen molar-refractivity contribution in [3.8, 4) is 5.75 Å². The van der Waals surface area contributed by atoms with Crippen molar-refractivity contribution in [2.75, 3.05) is 20.4 Å². The highest BCUT2D eigenvalue weighted by molar-refractivity contribution is 7.98. The highest BCUT2D eigenvalue weighted by atomic mass is 32.2. The molecule has 0 aliphatic rings. The van der Waals surface area contributed by atoms with E-state index >= 15 is 0 Å². The van der Waals surface area contributed by atoms with Crippen LogP contribution in [0.4, 0.5) is 0 Å². The second-order valence-electron chi connectivity index (χ2n) is 5.17. The molecular weight excluding hydrogens is 298 g/mol. The van der Waals surface area contributed by atoms with E-state index in [0.29, 0.717) is 11.8 Å². The lowest BCUT2D eigenvalue weighted by Crippen LogP contribution is -2.22. The Morgan fingerprint density at radius 2 is 2.14 bits per heavy atom. The van der Waals surface area contributed by atoms with Gasteiger partial charge in [0.05, 0.1) is 13.2 Å². The molecule has 0 radical (unpaired) electrons. The summed E-state index contributed by atoms with van der Waals surface area (Å²) in [4.78, 5) is 3.33. The van der Waals surface area contributed by atoms with Gasteiger partial charge in [0, 0.05) is 17.9 Å². The third-order valence-electron chi connectivity index (χ3n) is 3.68. The van der Waals surface area contributed by atoms with E-state index in [1.165, 1.54) is 5.56 Å². The summed E-state index contributed by atoms with van der Waals surface area (Å²) in [5.41, 5.74) is 1.19. The number of nitrogens with zero attached hydrogens (tertiary/aromatic N) is 3. The van der Waals surface area contributed by atoms with E-state index in [1.807, 2.05) is 13.2 Å². The van der Waals surface area contributed by atoms with Crippen LogP contribution in [0.2, 0.25) is 0 Å². The van der Waals surface area contributed by atoms with Gasteiger partial charge in [0.1, 0.15) is 5.75 Å². The van der Waals surface area contributed by atoms with Gasteiger partial charge in [-0.3, -0.25) is 4.90 Å². The first kappa shape index (κ1) is 16.8. The fourth-order valence-electron chi connectivity index (χ4n) is 2.17. The molecule has 5 nitrogen and oxygen atoms in total. The molecule has 0 aliphatic carbocycles. The Labute approximate surface area is 136 Å². The molecular formula is C16H23N3O2S. The van der Waals surface area contributed by atoms with Crippen molar-refractivity contribution in [1.82, 2.24) is 15.1 Å². The molecule has 0 N–H and O–H groups in total. The van der Waals surface area contributed by atoms with E-state index in [0.717, 1.165) is 23.6 Å². The van der Waals surface area contributed by atoms with Gasteiger partial charge >= 0.3 is 0 Å². The molecule has 0 spiro atoms. The highest BCUT2D eigenvalue weighted by Crippen LogP contribution is 2.29. The number of methoxy groups -OCH3 is 1. The summed E-state index contributed by atoms with van der Waals surface area (Å²) in [6.45, 7) is 4.86. The summed E-state index contributed by atoms with van der Waals surface area (Å²) >= 11 is 1.68. The molecule has 2 rings (SSSR count). The van der Waals surface area contributed by atoms with Crippen LogP contribution in [-0.2, 0) is 13.0 Å². The topological polar surface area (TPSA) is 51.4 Å². The Kier molecular flexibility index (Phi) is 5.85. The average molecular weight is 321 g/mol. The SMILES string of the molecule is CCc1nnc([C@@H](C)N(C)Cc2ccc(SC)c(OC)c2)o1. The van der Waals surface area contributed by atoms with Crippen LogP contribution in [-0.4, -0.2) is 35.5 Å². The second-order valence-corrected chi connectivity index (χ2v) is 6.02. The zero-order valence-corrected chi connectivity index (χ0v) is 14.6. The molecule has 0 unspecified atom stereocenters. The minimum Gasteiger partial charge on any atom is -0.496 e. The number of aryl methyl sites for hydroxylation is 1. The number of rotatable bonds is 7. The lowest BCUT2D eigenvalue weighted by Gasteiger charge is -2.22. The fourth-order valence-corrected chi connectivity index (χ4v) is 2.72. The molecule has 0 bridgehead atoms. The Morgan fingerprint density at radius 3 is 2.73 bits per heavy atom. The van der Waals surface area contributed by atoms with Crippen LogP contribution >= 0.6 is 11.8 Å². The summed E-state index contributed by atoms with van der Waals surface area (Å²) in [6, 6.07) is 6.38. The van der Waals surface area contributed by atoms with Gasteiger partial charge in [-0.15, -0.1) is 22.0 Å². The van der Waals surface area contributed by atoms with Crippen molar-refractivity contribution in [3.05, 3.63) is 35.5 Å². The Morgan fingerprint density at radius 1 is 1.36 bits per heavy atom. The number of thioether (sulfide) groups is 1. The standard InChI is InChI=1S/C16H23N3O2S/c1-6-15-17-18-16(21-15)11(2)19(3)10-12-7-8-14(22-5)13(9-12)20-4/h7-9,11H,6,10H2,1-5H3/t11-/m1/s1. The van der Waals surface area contributed by atoms with Crippen LogP contribution in [0.25, 0.3) is 0 Å². The van der Waals surface area contributed by atoms with Gasteiger partial charge < -0.3 is 9.15 Å². The van der Waals surface area contributed by atoms with Gasteiger partial charge in [0.25, 0.3) is 0 Å². The smallest absolute Gasteiger partial charge is 0.233 e. The van der Waals surface area contributed by atoms with Crippen LogP contribution in [0, 0.1) is 0 Å². The summed E-state index contributed by atoms with van der Waals surface area (Å²) in [5, 5.41) is 8.15. The van der Waals surface area contributed by atoms with Crippen molar-refractivity contribution >= 4 is 11.8 Å². The van der Waals surface area contributed by atoms with Gasteiger partial charge in [-0.1, -0.05) is 13.0 Å². The van der Waals surface area contributed by atoms with Crippen LogP contribution in [0.3, 0.4) is 0 Å². The minimum absolute atomic E-state index is 0.0685. The van der Waals surface area contributed by atoms with E-state index in [4.69, 9.17) is 9.15 Å². The Hall–Kier alpha value is -1.53. The summed E-state index contributed by atoms with van der Waals surface area (Å²) in [7, 11) is 3.76. The molecule has 1 aromatic heterocycles. The van der Waals surface area contributed by atoms with Gasteiger partial charge in [-0.05, 0) is 37.9 Å². The molecule has 0 aliphatic heterocycles. The molecule has 1 heterocycles. The Balaban J connectivity index is 2.09. The third-order valence-corrected chi connectivity index (χ3v) is 4.46. The van der Waals surface area contributed by atoms with E-state index in [2.05, 4.69) is 47.3 Å². The largest absolute Gasteiger partial charge is 0.496 e. The molecule has 0 fully saturated rings. The molecule has 6 heteroatoms. The van der Waals surface area contributed by atoms with Gasteiger partial charge in [0.15, 0.2) is 0 Å². The van der Waals surface area contributed by atoms with E-state index in [1.54, 1.807) is 18.9 Å². The lowest BCUT2D eigenvalue weighted by atomic mass is 10.2. The molecule has 0 saturated heterocycles. The van der Waals surface area contributed by atoms with E-state index < -0.39 is 0 Å². The lowest BCUT2D eigenvalue weighted by molar-refractivity contribution is 0.214. The summed E-state index contributed by atoms with van der Waals surface area (Å²) in [5.74, 6) is 2.26. The van der Waals surface area contributed by atoms with Crippen LogP contribution < -0.4 is 4.74 Å². The van der Waals surface area contributed by atoms with Crippen molar-refractivity contribution in [3.63, 3.8) is 0 Å². The molecule has 0 saturated carbocycles. The van der Waals surface area contributed by atoms with Crippen LogP contribution in [0.15, 0.2) is 27.5 Å². The zero-order valence-electron chi connectivity index (χ0n) is 13.8. The summed E-state index contributed by atoms with van der Waals surface area (Å²) in [6.07, 6.45) is 2.81. The van der Waals surface area contributed by atoms with Crippen molar-refractivity contribution in [1.29, 1.82) is 0 Å². The highest BCUT2D eigenvalue weighted by Gasteiger charge is 2.18. The van der Waals surface area contributed by atoms with E-state index in [-0.39, 0.29) is 6.04 Å². The number of benzene rings is 1. The quantitative estimate of drug-likeness (QED) is 0.727. The van der Waals surface area contributed by atoms with Crippen LogP contribution in [0.1, 0.15) is 37.2 Å². The van der Waals surface area contributed by atoms with Crippen molar-refractivity contribution in [2.45, 2.75) is 37.8 Å². The molecule has 1 aromatic carbocycles. The average Bonchev–Trinajstić information content (AvgIpc) is 3.02. The van der Waals surface area contributed by atoms with Crippen LogP contribution in [0.5, 0.6) is 5.75 Å². The first-order valence-corrected chi connectivity index (χ1v) is 8.54. The maximum absolute atomic E-state index is 5.64. The fraction of sp³-hybridized carbons (Fsp3) is 0.500. The minimum atomic E-state index is 0.0685. The van der Waals surface area contributed by atoms with E-state index in [9.17, 15) is 0 Å². The van der Waals surface area contributed by atoms with Crippen molar-refractivity contribution in [2.24, 2.45) is 0 Å². The Bertz CT molecular complexity index is 615. The third kappa shape index (κ3) is 3.81. The van der Waals surface area contributed by atoms with Gasteiger partial charge in [0.2, 0.25) is 11.8 Å². The molecule has 22 heavy (non-hydrogen) atoms.